The van der Waals surface area contributed by atoms with E-state index in [9.17, 15) is 8.42 Å². The lowest BCUT2D eigenvalue weighted by atomic mass is 10.1. The van der Waals surface area contributed by atoms with Crippen LogP contribution in [0.3, 0.4) is 0 Å². The maximum atomic E-state index is 11.8. The molecule has 1 unspecified atom stereocenters. The molecule has 0 bridgehead atoms. The van der Waals surface area contributed by atoms with E-state index in [-0.39, 0.29) is 17.6 Å². The minimum atomic E-state index is -2.94. The quantitative estimate of drug-likeness (QED) is 0.593. The van der Waals surface area contributed by atoms with Crippen LogP contribution >= 0.6 is 0 Å². The Labute approximate surface area is 119 Å². The van der Waals surface area contributed by atoms with Crippen molar-refractivity contribution in [2.24, 2.45) is 11.8 Å². The summed E-state index contributed by atoms with van der Waals surface area (Å²) in [6, 6.07) is 0. The molecule has 0 aromatic rings. The zero-order valence-corrected chi connectivity index (χ0v) is 13.9. The molecule has 0 rings (SSSR count). The van der Waals surface area contributed by atoms with Gasteiger partial charge in [0.15, 0.2) is 9.84 Å². The first-order valence-electron chi connectivity index (χ1n) is 7.27. The highest BCUT2D eigenvalue weighted by molar-refractivity contribution is 7.91. The zero-order valence-electron chi connectivity index (χ0n) is 13.1. The van der Waals surface area contributed by atoms with E-state index in [1.807, 2.05) is 6.92 Å². The second kappa shape index (κ2) is 9.72. The Balaban J connectivity index is 3.68. The Morgan fingerprint density at radius 3 is 2.21 bits per heavy atom. The molecule has 0 spiro atoms. The first-order valence-corrected chi connectivity index (χ1v) is 9.09. The fraction of sp³-hybridized carbons (Fsp3) is 1.00. The second-order valence-corrected chi connectivity index (χ2v) is 8.23. The molecule has 4 nitrogen and oxygen atoms in total. The fourth-order valence-corrected chi connectivity index (χ4v) is 2.68. The van der Waals surface area contributed by atoms with Crippen molar-refractivity contribution in [3.05, 3.63) is 0 Å². The maximum absolute atomic E-state index is 11.8. The molecule has 0 heterocycles. The van der Waals surface area contributed by atoms with E-state index >= 15 is 0 Å². The number of nitrogens with one attached hydrogen (secondary N) is 1. The molecule has 0 aliphatic carbocycles. The van der Waals surface area contributed by atoms with E-state index in [2.05, 4.69) is 33.0 Å². The molecule has 19 heavy (non-hydrogen) atoms. The molecule has 116 valence electrons. The van der Waals surface area contributed by atoms with Gasteiger partial charge in [0, 0.05) is 13.2 Å². The van der Waals surface area contributed by atoms with E-state index in [0.29, 0.717) is 31.4 Å². The van der Waals surface area contributed by atoms with E-state index in [1.54, 1.807) is 0 Å². The Morgan fingerprint density at radius 2 is 1.68 bits per heavy atom. The van der Waals surface area contributed by atoms with Gasteiger partial charge in [0.1, 0.15) is 0 Å². The Morgan fingerprint density at radius 1 is 1.05 bits per heavy atom. The largest absolute Gasteiger partial charge is 0.378 e. The van der Waals surface area contributed by atoms with Crippen LogP contribution in [0.4, 0.5) is 0 Å². The van der Waals surface area contributed by atoms with Crippen molar-refractivity contribution >= 4 is 9.84 Å². The third-order valence-corrected chi connectivity index (χ3v) is 4.80. The average molecular weight is 293 g/mol. The summed E-state index contributed by atoms with van der Waals surface area (Å²) >= 11 is 0. The molecule has 0 fully saturated rings. The lowest BCUT2D eigenvalue weighted by molar-refractivity contribution is 0.0362. The smallest absolute Gasteiger partial charge is 0.151 e. The van der Waals surface area contributed by atoms with E-state index in [4.69, 9.17) is 4.74 Å². The van der Waals surface area contributed by atoms with Crippen LogP contribution in [0.15, 0.2) is 0 Å². The molecule has 0 radical (unpaired) electrons. The second-order valence-electron chi connectivity index (χ2n) is 5.92. The monoisotopic (exact) mass is 293 g/mol. The first-order chi connectivity index (χ1) is 8.74. The highest BCUT2D eigenvalue weighted by Crippen LogP contribution is 2.06. The number of hydrogen-bond acceptors (Lipinski definition) is 4. The average Bonchev–Trinajstić information content (AvgIpc) is 2.29. The Bertz CT molecular complexity index is 313. The molecule has 0 saturated heterocycles. The summed E-state index contributed by atoms with van der Waals surface area (Å²) in [5.41, 5.74) is 0. The first kappa shape index (κ1) is 18.9. The number of hydrogen-bond donors (Lipinski definition) is 1. The fourth-order valence-electron chi connectivity index (χ4n) is 1.46. The topological polar surface area (TPSA) is 55.4 Å². The number of ether oxygens (including phenoxy) is 1. The highest BCUT2D eigenvalue weighted by atomic mass is 32.2. The zero-order chi connectivity index (χ0) is 14.9. The summed E-state index contributed by atoms with van der Waals surface area (Å²) in [5, 5.41) is 3.15. The van der Waals surface area contributed by atoms with Crippen LogP contribution in [0, 0.1) is 11.8 Å². The van der Waals surface area contributed by atoms with Crippen molar-refractivity contribution in [2.75, 3.05) is 31.2 Å². The molecule has 1 atom stereocenters. The molecule has 0 amide bonds. The Hall–Kier alpha value is -0.130. The van der Waals surface area contributed by atoms with Gasteiger partial charge in [-0.2, -0.15) is 0 Å². The normalized spacial score (nSPS) is 14.3. The van der Waals surface area contributed by atoms with Crippen LogP contribution < -0.4 is 5.32 Å². The summed E-state index contributed by atoms with van der Waals surface area (Å²) < 4.78 is 29.1. The van der Waals surface area contributed by atoms with Crippen LogP contribution in [0.5, 0.6) is 0 Å². The van der Waals surface area contributed by atoms with Crippen molar-refractivity contribution < 1.29 is 13.2 Å². The predicted molar refractivity (Wildman–Crippen MR) is 81.2 cm³/mol. The van der Waals surface area contributed by atoms with Crippen molar-refractivity contribution in [3.63, 3.8) is 0 Å². The number of rotatable bonds is 11. The van der Waals surface area contributed by atoms with Crippen LogP contribution in [-0.4, -0.2) is 45.7 Å². The van der Waals surface area contributed by atoms with E-state index in [0.717, 1.165) is 6.54 Å². The summed E-state index contributed by atoms with van der Waals surface area (Å²) in [4.78, 5) is 0. The van der Waals surface area contributed by atoms with Crippen LogP contribution in [0.1, 0.15) is 41.0 Å². The minimum Gasteiger partial charge on any atom is -0.378 e. The molecule has 0 aromatic heterocycles. The highest BCUT2D eigenvalue weighted by Gasteiger charge is 2.11. The van der Waals surface area contributed by atoms with Crippen molar-refractivity contribution in [1.82, 2.24) is 5.32 Å². The molecule has 0 aromatic carbocycles. The molecular weight excluding hydrogens is 262 g/mol. The lowest BCUT2D eigenvalue weighted by Gasteiger charge is -2.16. The minimum absolute atomic E-state index is 0.190. The number of sulfone groups is 1. The maximum Gasteiger partial charge on any atom is 0.151 e. The van der Waals surface area contributed by atoms with Gasteiger partial charge in [-0.1, -0.05) is 27.7 Å². The van der Waals surface area contributed by atoms with Gasteiger partial charge in [0.05, 0.1) is 17.6 Å². The van der Waals surface area contributed by atoms with Gasteiger partial charge in [0.25, 0.3) is 0 Å². The summed E-state index contributed by atoms with van der Waals surface area (Å²) in [5.74, 6) is 1.46. The van der Waals surface area contributed by atoms with Crippen LogP contribution in [0.25, 0.3) is 0 Å². The Kier molecular flexibility index (Phi) is 9.66. The van der Waals surface area contributed by atoms with Gasteiger partial charge in [-0.3, -0.25) is 0 Å². The van der Waals surface area contributed by atoms with Crippen molar-refractivity contribution in [2.45, 2.75) is 47.1 Å². The summed E-state index contributed by atoms with van der Waals surface area (Å²) in [6.07, 6.45) is 0.777. The predicted octanol–water partition coefficient (Wildman–Crippen LogP) is 2.10. The van der Waals surface area contributed by atoms with Crippen LogP contribution in [-0.2, 0) is 14.6 Å². The van der Waals surface area contributed by atoms with Gasteiger partial charge in [-0.25, -0.2) is 8.42 Å². The molecule has 5 heteroatoms. The SMILES string of the molecule is CC(C)CNCCS(=O)(=O)CCCOC(C)C(C)C. The van der Waals surface area contributed by atoms with E-state index < -0.39 is 9.84 Å². The van der Waals surface area contributed by atoms with Gasteiger partial charge in [0.2, 0.25) is 0 Å². The van der Waals surface area contributed by atoms with Gasteiger partial charge < -0.3 is 10.1 Å². The summed E-state index contributed by atoms with van der Waals surface area (Å²) in [7, 11) is -2.94. The molecule has 0 saturated carbocycles. The van der Waals surface area contributed by atoms with Crippen molar-refractivity contribution in [3.8, 4) is 0 Å². The molecule has 0 aliphatic rings. The molecular formula is C14H31NO3S. The third kappa shape index (κ3) is 11.4. The molecule has 0 aliphatic heterocycles. The van der Waals surface area contributed by atoms with E-state index in [1.165, 1.54) is 0 Å². The van der Waals surface area contributed by atoms with Gasteiger partial charge in [-0.15, -0.1) is 0 Å². The lowest BCUT2D eigenvalue weighted by Crippen LogP contribution is -2.27. The van der Waals surface area contributed by atoms with Crippen LogP contribution in [0.2, 0.25) is 0 Å². The van der Waals surface area contributed by atoms with Crippen molar-refractivity contribution in [1.29, 1.82) is 0 Å². The summed E-state index contributed by atoms with van der Waals surface area (Å²) in [6.45, 7) is 12.4. The molecule has 1 N–H and O–H groups in total. The van der Waals surface area contributed by atoms with Gasteiger partial charge in [-0.05, 0) is 31.7 Å². The standard InChI is InChI=1S/C14H31NO3S/c1-12(2)11-15-7-10-19(16,17)9-6-8-18-14(5)13(3)4/h12-15H,6-11H2,1-5H3. The van der Waals surface area contributed by atoms with Gasteiger partial charge >= 0.3 is 0 Å². The third-order valence-electron chi connectivity index (χ3n) is 3.06.